The van der Waals surface area contributed by atoms with E-state index in [1.54, 1.807) is 0 Å². The third kappa shape index (κ3) is 17.8. The molecule has 1 aromatic rings. The van der Waals surface area contributed by atoms with Crippen LogP contribution in [0, 0.1) is 5.92 Å². The zero-order chi connectivity index (χ0) is 25.6. The third-order valence-corrected chi connectivity index (χ3v) is 5.70. The van der Waals surface area contributed by atoms with Crippen LogP contribution >= 0.6 is 0 Å². The van der Waals surface area contributed by atoms with Gasteiger partial charge in [0.2, 0.25) is 0 Å². The van der Waals surface area contributed by atoms with E-state index in [4.69, 9.17) is 21.9 Å². The predicted octanol–water partition coefficient (Wildman–Crippen LogP) is 1.62. The number of nitrogens with zero attached hydrogens (tertiary/aromatic N) is 1. The average Bonchev–Trinajstić information content (AvgIpc) is 2.84. The predicted molar refractivity (Wildman–Crippen MR) is 150 cm³/mol. The first kappa shape index (κ1) is 31.8. The summed E-state index contributed by atoms with van der Waals surface area (Å²) in [7, 11) is 0. The highest BCUT2D eigenvalue weighted by Gasteiger charge is 2.09. The van der Waals surface area contributed by atoms with Crippen LogP contribution in [0.3, 0.4) is 0 Å². The fourth-order valence-electron chi connectivity index (χ4n) is 3.86. The van der Waals surface area contributed by atoms with Gasteiger partial charge >= 0.3 is 0 Å². The average molecular weight is 494 g/mol. The van der Waals surface area contributed by atoms with E-state index in [1.165, 1.54) is 11.1 Å². The van der Waals surface area contributed by atoms with Gasteiger partial charge in [-0.3, -0.25) is 4.90 Å². The van der Waals surface area contributed by atoms with Crippen LogP contribution in [0.2, 0.25) is 0 Å². The van der Waals surface area contributed by atoms with Crippen LogP contribution in [0.15, 0.2) is 18.2 Å². The number of ether oxygens (including phenoxy) is 1. The summed E-state index contributed by atoms with van der Waals surface area (Å²) in [6.45, 7) is 16.1. The molecule has 0 unspecified atom stereocenters. The van der Waals surface area contributed by atoms with Crippen LogP contribution in [0.4, 0.5) is 0 Å². The molecule has 0 heterocycles. The number of hydrogen-bond donors (Lipinski definition) is 6. The van der Waals surface area contributed by atoms with Gasteiger partial charge in [-0.1, -0.05) is 19.9 Å². The normalized spacial score (nSPS) is 11.6. The molecule has 0 bridgehead atoms. The van der Waals surface area contributed by atoms with E-state index < -0.39 is 0 Å². The van der Waals surface area contributed by atoms with E-state index in [2.05, 4.69) is 52.9 Å². The lowest BCUT2D eigenvalue weighted by Gasteiger charge is -2.23. The van der Waals surface area contributed by atoms with Crippen LogP contribution in [0.25, 0.3) is 0 Å². The van der Waals surface area contributed by atoms with Crippen LogP contribution in [0.1, 0.15) is 57.1 Å². The second kappa shape index (κ2) is 22.0. The van der Waals surface area contributed by atoms with E-state index in [9.17, 15) is 0 Å². The first-order valence-electron chi connectivity index (χ1n) is 13.8. The van der Waals surface area contributed by atoms with Crippen molar-refractivity contribution < 1.29 is 4.74 Å². The van der Waals surface area contributed by atoms with Crippen molar-refractivity contribution in [1.82, 2.24) is 20.9 Å². The molecule has 0 aliphatic rings. The van der Waals surface area contributed by atoms with E-state index in [-0.39, 0.29) is 0 Å². The molecule has 0 saturated carbocycles. The molecular weight excluding hydrogens is 438 g/mol. The van der Waals surface area contributed by atoms with Gasteiger partial charge in [-0.05, 0) is 127 Å². The van der Waals surface area contributed by atoms with Crippen molar-refractivity contribution in [1.29, 1.82) is 0 Å². The van der Waals surface area contributed by atoms with Gasteiger partial charge in [0.15, 0.2) is 0 Å². The molecule has 0 saturated heterocycles. The van der Waals surface area contributed by atoms with Gasteiger partial charge in [-0.2, -0.15) is 0 Å². The third-order valence-electron chi connectivity index (χ3n) is 5.70. The van der Waals surface area contributed by atoms with Crippen molar-refractivity contribution >= 4 is 0 Å². The van der Waals surface area contributed by atoms with Crippen molar-refractivity contribution in [2.24, 2.45) is 23.1 Å². The van der Waals surface area contributed by atoms with Crippen LogP contribution in [-0.2, 0) is 13.1 Å². The molecule has 1 aromatic carbocycles. The molecule has 0 aromatic heterocycles. The quantitative estimate of drug-likeness (QED) is 0.120. The molecule has 0 aliphatic heterocycles. The van der Waals surface area contributed by atoms with Gasteiger partial charge in [-0.25, -0.2) is 0 Å². The fraction of sp³-hybridized carbons (Fsp3) is 0.778. The maximum atomic E-state index is 6.17. The zero-order valence-electron chi connectivity index (χ0n) is 22.6. The maximum absolute atomic E-state index is 6.17. The van der Waals surface area contributed by atoms with E-state index in [0.717, 1.165) is 110 Å². The minimum absolute atomic E-state index is 0.672. The van der Waals surface area contributed by atoms with E-state index in [0.29, 0.717) is 19.0 Å². The van der Waals surface area contributed by atoms with Gasteiger partial charge in [0, 0.05) is 13.1 Å². The molecular formula is C27H55N7O. The Bertz CT molecular complexity index is 607. The number of hydrogen-bond acceptors (Lipinski definition) is 8. The van der Waals surface area contributed by atoms with Crippen molar-refractivity contribution in [3.63, 3.8) is 0 Å². The Labute approximate surface area is 215 Å². The summed E-state index contributed by atoms with van der Waals surface area (Å²) in [5, 5.41) is 10.5. The lowest BCUT2D eigenvalue weighted by Crippen LogP contribution is -2.28. The Morgan fingerprint density at radius 2 is 1.37 bits per heavy atom. The van der Waals surface area contributed by atoms with Gasteiger partial charge in [-0.15, -0.1) is 0 Å². The van der Waals surface area contributed by atoms with Gasteiger partial charge in [0.25, 0.3) is 0 Å². The van der Waals surface area contributed by atoms with Gasteiger partial charge in [0.1, 0.15) is 5.75 Å². The van der Waals surface area contributed by atoms with Crippen LogP contribution < -0.4 is 37.9 Å². The highest BCUT2D eigenvalue weighted by molar-refractivity contribution is 5.34. The fourth-order valence-corrected chi connectivity index (χ4v) is 3.86. The summed E-state index contributed by atoms with van der Waals surface area (Å²) in [6, 6.07) is 6.69. The van der Waals surface area contributed by atoms with Crippen LogP contribution in [-0.4, -0.2) is 77.0 Å². The Morgan fingerprint density at radius 1 is 0.743 bits per heavy atom. The highest BCUT2D eigenvalue weighted by Crippen LogP contribution is 2.20. The number of nitrogens with one attached hydrogen (secondary N) is 3. The minimum Gasteiger partial charge on any atom is -0.494 e. The van der Waals surface area contributed by atoms with Gasteiger partial charge < -0.3 is 37.9 Å². The second-order valence-electron chi connectivity index (χ2n) is 9.77. The molecule has 9 N–H and O–H groups in total. The molecule has 35 heavy (non-hydrogen) atoms. The summed E-state index contributed by atoms with van der Waals surface area (Å²) in [5.41, 5.74) is 19.6. The highest BCUT2D eigenvalue weighted by atomic mass is 16.5. The molecule has 204 valence electrons. The smallest absolute Gasteiger partial charge is 0.119 e. The summed E-state index contributed by atoms with van der Waals surface area (Å²) in [6.07, 6.45) is 5.13. The minimum atomic E-state index is 0.672. The summed E-state index contributed by atoms with van der Waals surface area (Å²) in [5.74, 6) is 1.63. The standard InChI is InChI=1S/C27H55N7O/c1-24(2)21-32-14-7-17-35-27-19-25(22-33-13-6-12-31-11-3-8-28)18-26(20-27)23-34(15-4-9-29)16-5-10-30/h18-20,24,31-33H,3-17,21-23,28-30H2,1-2H3. The maximum Gasteiger partial charge on any atom is 0.119 e. The Hall–Kier alpha value is -1.26. The molecule has 0 aliphatic carbocycles. The van der Waals surface area contributed by atoms with Crippen molar-refractivity contribution in [2.75, 3.05) is 72.1 Å². The topological polar surface area (TPSA) is 127 Å². The Morgan fingerprint density at radius 3 is 2.06 bits per heavy atom. The van der Waals surface area contributed by atoms with Crippen molar-refractivity contribution in [2.45, 2.75) is 59.0 Å². The second-order valence-corrected chi connectivity index (χ2v) is 9.77. The number of benzene rings is 1. The first-order valence-corrected chi connectivity index (χ1v) is 13.8. The van der Waals surface area contributed by atoms with E-state index in [1.807, 2.05) is 0 Å². The Kier molecular flexibility index (Phi) is 19.9. The lowest BCUT2D eigenvalue weighted by molar-refractivity contribution is 0.260. The van der Waals surface area contributed by atoms with Gasteiger partial charge in [0.05, 0.1) is 6.61 Å². The summed E-state index contributed by atoms with van der Waals surface area (Å²) in [4.78, 5) is 2.46. The van der Waals surface area contributed by atoms with Crippen molar-refractivity contribution in [3.8, 4) is 5.75 Å². The summed E-state index contributed by atoms with van der Waals surface area (Å²) < 4.78 is 6.17. The number of rotatable bonds is 24. The largest absolute Gasteiger partial charge is 0.494 e. The molecule has 8 nitrogen and oxygen atoms in total. The molecule has 0 radical (unpaired) electrons. The monoisotopic (exact) mass is 493 g/mol. The lowest BCUT2D eigenvalue weighted by atomic mass is 10.1. The first-order chi connectivity index (χ1) is 17.1. The molecule has 0 spiro atoms. The SMILES string of the molecule is CC(C)CNCCCOc1cc(CNCCCNCCCN)cc(CN(CCCN)CCCN)c1. The molecule has 8 heteroatoms. The molecule has 0 fully saturated rings. The molecule has 1 rings (SSSR count). The zero-order valence-corrected chi connectivity index (χ0v) is 22.6. The number of nitrogens with two attached hydrogens (primary N) is 3. The van der Waals surface area contributed by atoms with Crippen molar-refractivity contribution in [3.05, 3.63) is 29.3 Å². The molecule has 0 atom stereocenters. The molecule has 0 amide bonds. The summed E-state index contributed by atoms with van der Waals surface area (Å²) >= 11 is 0. The van der Waals surface area contributed by atoms with Crippen LogP contribution in [0.5, 0.6) is 5.75 Å². The van der Waals surface area contributed by atoms with E-state index >= 15 is 0 Å². The Balaban J connectivity index is 2.66.